The van der Waals surface area contributed by atoms with E-state index in [1.54, 1.807) is 6.07 Å². The van der Waals surface area contributed by atoms with Crippen LogP contribution in [0.25, 0.3) is 10.8 Å². The Hall–Kier alpha value is -2.69. The van der Waals surface area contributed by atoms with Gasteiger partial charge in [0, 0.05) is 17.5 Å². The van der Waals surface area contributed by atoms with E-state index in [2.05, 4.69) is 5.32 Å². The van der Waals surface area contributed by atoms with Crippen molar-refractivity contribution in [2.45, 2.75) is 58.4 Å². The highest BCUT2D eigenvalue weighted by molar-refractivity contribution is 6.01. The number of fused-ring (bicyclic) bond motifs is 1. The van der Waals surface area contributed by atoms with E-state index in [1.807, 2.05) is 57.2 Å². The van der Waals surface area contributed by atoms with Crippen molar-refractivity contribution >= 4 is 28.4 Å². The number of esters is 1. The highest BCUT2D eigenvalue weighted by atomic mass is 16.5. The minimum atomic E-state index is -0.820. The fraction of sp³-hybridized carbons (Fsp3) is 0.458. The molecule has 5 nitrogen and oxygen atoms in total. The standard InChI is InChI=1S/C24H29NO4/c1-23(2,3)25-21(27)15-24(12-6-7-13-24)22(28)29-16-20(26)19-11-10-17-8-4-5-9-18(17)14-19/h4-5,8-11,14H,6-7,12-13,15-16H2,1-3H3,(H,25,27). The molecule has 0 aromatic heterocycles. The number of nitrogens with one attached hydrogen (secondary N) is 1. The summed E-state index contributed by atoms with van der Waals surface area (Å²) >= 11 is 0. The van der Waals surface area contributed by atoms with Crippen molar-refractivity contribution in [3.05, 3.63) is 48.0 Å². The number of carbonyl (C=O) groups is 3. The molecule has 5 heteroatoms. The minimum Gasteiger partial charge on any atom is -0.457 e. The number of Topliss-reactive ketones (excluding diaryl/α,β-unsaturated/α-hetero) is 1. The Kier molecular flexibility index (Phi) is 6.06. The number of benzene rings is 2. The lowest BCUT2D eigenvalue weighted by atomic mass is 9.82. The lowest BCUT2D eigenvalue weighted by Crippen LogP contribution is -2.44. The van der Waals surface area contributed by atoms with Gasteiger partial charge in [0.1, 0.15) is 0 Å². The number of hydrogen-bond donors (Lipinski definition) is 1. The molecule has 154 valence electrons. The maximum absolute atomic E-state index is 12.9. The van der Waals surface area contributed by atoms with Gasteiger partial charge in [0.25, 0.3) is 0 Å². The molecule has 1 amide bonds. The number of hydrogen-bond acceptors (Lipinski definition) is 4. The third kappa shape index (κ3) is 5.22. The number of amides is 1. The molecule has 0 atom stereocenters. The molecule has 1 saturated carbocycles. The Morgan fingerprint density at radius 3 is 2.31 bits per heavy atom. The van der Waals surface area contributed by atoms with Crippen LogP contribution in [0, 0.1) is 5.41 Å². The molecular weight excluding hydrogens is 366 g/mol. The molecule has 0 radical (unpaired) electrons. The summed E-state index contributed by atoms with van der Waals surface area (Å²) in [6.07, 6.45) is 3.11. The molecule has 2 aromatic rings. The normalized spacial score (nSPS) is 15.8. The topological polar surface area (TPSA) is 72.5 Å². The second kappa shape index (κ2) is 8.36. The smallest absolute Gasteiger partial charge is 0.313 e. The molecule has 0 unspecified atom stereocenters. The molecule has 1 aliphatic carbocycles. The van der Waals surface area contributed by atoms with E-state index in [-0.39, 0.29) is 30.3 Å². The van der Waals surface area contributed by atoms with Crippen LogP contribution in [0.4, 0.5) is 0 Å². The average Bonchev–Trinajstić information content (AvgIpc) is 3.13. The monoisotopic (exact) mass is 395 g/mol. The van der Waals surface area contributed by atoms with Crippen molar-refractivity contribution in [2.24, 2.45) is 5.41 Å². The van der Waals surface area contributed by atoms with E-state index >= 15 is 0 Å². The third-order valence-corrected chi connectivity index (χ3v) is 5.41. The van der Waals surface area contributed by atoms with Gasteiger partial charge in [-0.3, -0.25) is 14.4 Å². The van der Waals surface area contributed by atoms with Crippen LogP contribution in [0.5, 0.6) is 0 Å². The van der Waals surface area contributed by atoms with Gasteiger partial charge < -0.3 is 10.1 Å². The van der Waals surface area contributed by atoms with Crippen LogP contribution in [0.2, 0.25) is 0 Å². The van der Waals surface area contributed by atoms with E-state index in [0.29, 0.717) is 18.4 Å². The van der Waals surface area contributed by atoms with Crippen molar-refractivity contribution in [2.75, 3.05) is 6.61 Å². The van der Waals surface area contributed by atoms with E-state index in [0.717, 1.165) is 23.6 Å². The molecular formula is C24H29NO4. The summed E-state index contributed by atoms with van der Waals surface area (Å²) in [5.74, 6) is -0.832. The van der Waals surface area contributed by atoms with E-state index in [1.165, 1.54) is 0 Å². The minimum absolute atomic E-state index is 0.104. The zero-order valence-corrected chi connectivity index (χ0v) is 17.4. The summed E-state index contributed by atoms with van der Waals surface area (Å²) in [4.78, 5) is 37.9. The van der Waals surface area contributed by atoms with E-state index in [9.17, 15) is 14.4 Å². The molecule has 0 heterocycles. The zero-order chi connectivity index (χ0) is 21.1. The van der Waals surface area contributed by atoms with Gasteiger partial charge >= 0.3 is 5.97 Å². The summed E-state index contributed by atoms with van der Waals surface area (Å²) in [5, 5.41) is 4.94. The van der Waals surface area contributed by atoms with Crippen LogP contribution in [0.3, 0.4) is 0 Å². The first-order valence-corrected chi connectivity index (χ1v) is 10.2. The Labute approximate surface area is 171 Å². The fourth-order valence-electron chi connectivity index (χ4n) is 4.00. The molecule has 0 saturated heterocycles. The molecule has 0 aliphatic heterocycles. The van der Waals surface area contributed by atoms with Crippen molar-refractivity contribution in [1.29, 1.82) is 0 Å². The van der Waals surface area contributed by atoms with Crippen LogP contribution in [0.15, 0.2) is 42.5 Å². The molecule has 29 heavy (non-hydrogen) atoms. The predicted octanol–water partition coefficient (Wildman–Crippen LogP) is 4.43. The molecule has 0 spiro atoms. The highest BCUT2D eigenvalue weighted by Gasteiger charge is 2.44. The summed E-state index contributed by atoms with van der Waals surface area (Å²) in [6.45, 7) is 5.42. The van der Waals surface area contributed by atoms with Gasteiger partial charge in [0.2, 0.25) is 5.91 Å². The van der Waals surface area contributed by atoms with Gasteiger partial charge in [-0.05, 0) is 50.5 Å². The first-order valence-electron chi connectivity index (χ1n) is 10.2. The fourth-order valence-corrected chi connectivity index (χ4v) is 4.00. The average molecular weight is 395 g/mol. The zero-order valence-electron chi connectivity index (χ0n) is 17.4. The maximum Gasteiger partial charge on any atom is 0.313 e. The van der Waals surface area contributed by atoms with E-state index in [4.69, 9.17) is 4.74 Å². The van der Waals surface area contributed by atoms with Gasteiger partial charge in [-0.1, -0.05) is 49.2 Å². The van der Waals surface area contributed by atoms with Crippen molar-refractivity contribution in [1.82, 2.24) is 5.32 Å². The molecule has 1 N–H and O–H groups in total. The number of rotatable bonds is 6. The Morgan fingerprint density at radius 2 is 1.66 bits per heavy atom. The molecule has 3 rings (SSSR count). The van der Waals surface area contributed by atoms with Crippen molar-refractivity contribution in [3.8, 4) is 0 Å². The van der Waals surface area contributed by atoms with Crippen LogP contribution in [-0.4, -0.2) is 29.8 Å². The van der Waals surface area contributed by atoms with Gasteiger partial charge in [0.05, 0.1) is 5.41 Å². The van der Waals surface area contributed by atoms with Crippen molar-refractivity contribution < 1.29 is 19.1 Å². The Bertz CT molecular complexity index is 920. The van der Waals surface area contributed by atoms with Gasteiger partial charge in [-0.15, -0.1) is 0 Å². The predicted molar refractivity (Wildman–Crippen MR) is 113 cm³/mol. The first-order chi connectivity index (χ1) is 13.7. The summed E-state index contributed by atoms with van der Waals surface area (Å²) in [5.41, 5.74) is -0.659. The van der Waals surface area contributed by atoms with Crippen LogP contribution < -0.4 is 5.32 Å². The second-order valence-electron chi connectivity index (χ2n) is 9.02. The Balaban J connectivity index is 1.65. The number of ether oxygens (including phenoxy) is 1. The molecule has 0 bridgehead atoms. The third-order valence-electron chi connectivity index (χ3n) is 5.41. The van der Waals surface area contributed by atoms with Gasteiger partial charge in [-0.25, -0.2) is 0 Å². The van der Waals surface area contributed by atoms with Crippen LogP contribution >= 0.6 is 0 Å². The summed E-state index contributed by atoms with van der Waals surface area (Å²) < 4.78 is 5.42. The molecule has 2 aromatic carbocycles. The van der Waals surface area contributed by atoms with Crippen LogP contribution in [-0.2, 0) is 14.3 Å². The van der Waals surface area contributed by atoms with Gasteiger partial charge in [0.15, 0.2) is 12.4 Å². The molecule has 1 aliphatic rings. The van der Waals surface area contributed by atoms with E-state index < -0.39 is 11.4 Å². The largest absolute Gasteiger partial charge is 0.457 e. The number of carbonyl (C=O) groups excluding carboxylic acids is 3. The van der Waals surface area contributed by atoms with Crippen molar-refractivity contribution in [3.63, 3.8) is 0 Å². The second-order valence-corrected chi connectivity index (χ2v) is 9.02. The quantitative estimate of drug-likeness (QED) is 0.580. The number of ketones is 1. The lowest BCUT2D eigenvalue weighted by Gasteiger charge is -2.28. The SMILES string of the molecule is CC(C)(C)NC(=O)CC1(C(=O)OCC(=O)c2ccc3ccccc3c2)CCCC1. The maximum atomic E-state index is 12.9. The highest BCUT2D eigenvalue weighted by Crippen LogP contribution is 2.42. The summed E-state index contributed by atoms with van der Waals surface area (Å²) in [7, 11) is 0. The van der Waals surface area contributed by atoms with Gasteiger partial charge in [-0.2, -0.15) is 0 Å². The molecule has 1 fully saturated rings. The first kappa shape index (κ1) is 21.0. The Morgan fingerprint density at radius 1 is 1.00 bits per heavy atom. The summed E-state index contributed by atoms with van der Waals surface area (Å²) in [6, 6.07) is 13.2. The van der Waals surface area contributed by atoms with Crippen LogP contribution in [0.1, 0.15) is 63.2 Å². The lowest BCUT2D eigenvalue weighted by molar-refractivity contribution is -0.157.